The zero-order valence-electron chi connectivity index (χ0n) is 22.6. The predicted octanol–water partition coefficient (Wildman–Crippen LogP) is 4.56. The summed E-state index contributed by atoms with van der Waals surface area (Å²) < 4.78 is 19.2. The molecule has 0 spiro atoms. The maximum atomic E-state index is 13.8. The molecule has 3 aromatic carbocycles. The van der Waals surface area contributed by atoms with Gasteiger partial charge in [0.2, 0.25) is 0 Å². The van der Waals surface area contributed by atoms with Gasteiger partial charge >= 0.3 is 5.97 Å². The van der Waals surface area contributed by atoms with Gasteiger partial charge in [0.25, 0.3) is 5.56 Å². The van der Waals surface area contributed by atoms with Gasteiger partial charge in [0.15, 0.2) is 4.80 Å². The molecule has 4 aromatic rings. The van der Waals surface area contributed by atoms with Crippen LogP contribution in [0.4, 0.5) is 0 Å². The summed E-state index contributed by atoms with van der Waals surface area (Å²) in [5, 5.41) is 0. The molecule has 0 amide bonds. The van der Waals surface area contributed by atoms with Crippen molar-refractivity contribution in [2.24, 2.45) is 4.99 Å². The summed E-state index contributed by atoms with van der Waals surface area (Å²) in [6.45, 7) is 6.52. The molecular formula is C32H30N2O5S. The van der Waals surface area contributed by atoms with Gasteiger partial charge in [0, 0.05) is 5.56 Å². The number of para-hydroxylation sites is 1. The number of rotatable bonds is 9. The van der Waals surface area contributed by atoms with E-state index in [2.05, 4.69) is 4.99 Å². The summed E-state index contributed by atoms with van der Waals surface area (Å²) in [6, 6.07) is 24.3. The van der Waals surface area contributed by atoms with E-state index < -0.39 is 12.0 Å². The van der Waals surface area contributed by atoms with Crippen LogP contribution >= 0.6 is 11.3 Å². The number of esters is 1. The summed E-state index contributed by atoms with van der Waals surface area (Å²) in [4.78, 5) is 32.0. The van der Waals surface area contributed by atoms with Crippen LogP contribution in [0.5, 0.6) is 11.5 Å². The Labute approximate surface area is 236 Å². The van der Waals surface area contributed by atoms with Crippen molar-refractivity contribution in [2.75, 3.05) is 19.8 Å². The highest BCUT2D eigenvalue weighted by Crippen LogP contribution is 2.30. The van der Waals surface area contributed by atoms with E-state index in [-0.39, 0.29) is 12.2 Å². The van der Waals surface area contributed by atoms with Crippen LogP contribution in [-0.2, 0) is 9.53 Å². The zero-order chi connectivity index (χ0) is 28.1. The highest BCUT2D eigenvalue weighted by atomic mass is 32.1. The largest absolute Gasteiger partial charge is 0.490 e. The van der Waals surface area contributed by atoms with E-state index >= 15 is 0 Å². The second kappa shape index (κ2) is 12.2. The molecule has 2 heterocycles. The number of hydrogen-bond acceptors (Lipinski definition) is 7. The molecule has 204 valence electrons. The van der Waals surface area contributed by atoms with E-state index in [9.17, 15) is 9.59 Å². The number of benzene rings is 3. The SMILES string of the molecule is CCOC(=O)C1=C(C)N=c2s/c(=C/c3ccccc3OCCOc3ccc(C)cc3)c(=O)n2C1c1ccccc1. The first-order valence-corrected chi connectivity index (χ1v) is 13.9. The number of carbonyl (C=O) groups is 1. The molecule has 0 aliphatic carbocycles. The van der Waals surface area contributed by atoms with Crippen LogP contribution < -0.4 is 24.4 Å². The maximum absolute atomic E-state index is 13.8. The minimum Gasteiger partial charge on any atom is -0.490 e. The Hall–Kier alpha value is -4.43. The van der Waals surface area contributed by atoms with Crippen LogP contribution in [0.3, 0.4) is 0 Å². The molecule has 0 radical (unpaired) electrons. The molecule has 1 unspecified atom stereocenters. The van der Waals surface area contributed by atoms with Crippen molar-refractivity contribution < 1.29 is 19.0 Å². The summed E-state index contributed by atoms with van der Waals surface area (Å²) in [6.07, 6.45) is 1.81. The van der Waals surface area contributed by atoms with Gasteiger partial charge in [-0.2, -0.15) is 0 Å². The fourth-order valence-corrected chi connectivity index (χ4v) is 5.60. The molecule has 0 bridgehead atoms. The van der Waals surface area contributed by atoms with Crippen molar-refractivity contribution in [3.05, 3.63) is 127 Å². The number of thiazole rings is 1. The van der Waals surface area contributed by atoms with E-state index in [1.165, 1.54) is 16.9 Å². The van der Waals surface area contributed by atoms with Gasteiger partial charge in [0.05, 0.1) is 28.5 Å². The van der Waals surface area contributed by atoms with Crippen LogP contribution in [0.1, 0.15) is 36.6 Å². The van der Waals surface area contributed by atoms with Gasteiger partial charge in [-0.3, -0.25) is 9.36 Å². The predicted molar refractivity (Wildman–Crippen MR) is 155 cm³/mol. The number of allylic oxidation sites excluding steroid dienone is 1. The van der Waals surface area contributed by atoms with Crippen molar-refractivity contribution in [3.63, 3.8) is 0 Å². The Morgan fingerprint density at radius 3 is 2.40 bits per heavy atom. The van der Waals surface area contributed by atoms with E-state index in [4.69, 9.17) is 14.2 Å². The Kier molecular flexibility index (Phi) is 8.26. The molecular weight excluding hydrogens is 524 g/mol. The van der Waals surface area contributed by atoms with Gasteiger partial charge in [-0.15, -0.1) is 0 Å². The molecule has 0 N–H and O–H groups in total. The number of fused-ring (bicyclic) bond motifs is 1. The van der Waals surface area contributed by atoms with Crippen LogP contribution in [0.15, 0.2) is 99.9 Å². The lowest BCUT2D eigenvalue weighted by Gasteiger charge is -2.24. The number of aromatic nitrogens is 1. The summed E-state index contributed by atoms with van der Waals surface area (Å²) >= 11 is 1.28. The van der Waals surface area contributed by atoms with Gasteiger partial charge in [-0.1, -0.05) is 77.6 Å². The van der Waals surface area contributed by atoms with E-state index in [1.807, 2.05) is 91.9 Å². The quantitative estimate of drug-likeness (QED) is 0.224. The first kappa shape index (κ1) is 27.1. The normalized spacial score (nSPS) is 14.9. The molecule has 0 saturated carbocycles. The van der Waals surface area contributed by atoms with Crippen molar-refractivity contribution >= 4 is 23.4 Å². The molecule has 1 aliphatic heterocycles. The molecule has 1 atom stereocenters. The number of carbonyl (C=O) groups excluding carboxylic acids is 1. The van der Waals surface area contributed by atoms with E-state index in [0.717, 1.165) is 16.9 Å². The van der Waals surface area contributed by atoms with Crippen molar-refractivity contribution in [1.29, 1.82) is 0 Å². The van der Waals surface area contributed by atoms with Crippen LogP contribution in [0, 0.1) is 6.92 Å². The topological polar surface area (TPSA) is 79.1 Å². The van der Waals surface area contributed by atoms with Gasteiger partial charge < -0.3 is 14.2 Å². The van der Waals surface area contributed by atoms with Gasteiger partial charge in [-0.25, -0.2) is 9.79 Å². The van der Waals surface area contributed by atoms with Crippen molar-refractivity contribution in [3.8, 4) is 11.5 Å². The first-order chi connectivity index (χ1) is 19.5. The number of hydrogen-bond donors (Lipinski definition) is 0. The number of nitrogens with zero attached hydrogens (tertiary/aromatic N) is 2. The standard InChI is InChI=1S/C32H30N2O5S/c1-4-37-31(36)28-22(3)33-32-34(29(28)23-10-6-5-7-11-23)30(35)27(40-32)20-24-12-8-9-13-26(24)39-19-18-38-25-16-14-21(2)15-17-25/h5-17,20,29H,4,18-19H2,1-3H3/b27-20+. The van der Waals surface area contributed by atoms with E-state index in [1.54, 1.807) is 18.4 Å². The second-order valence-electron chi connectivity index (χ2n) is 9.26. The van der Waals surface area contributed by atoms with E-state index in [0.29, 0.717) is 39.6 Å². The lowest BCUT2D eigenvalue weighted by Crippen LogP contribution is -2.39. The molecule has 8 heteroatoms. The Bertz CT molecular complexity index is 1720. The average Bonchev–Trinajstić information content (AvgIpc) is 3.26. The average molecular weight is 555 g/mol. The summed E-state index contributed by atoms with van der Waals surface area (Å²) in [5.74, 6) is 0.955. The second-order valence-corrected chi connectivity index (χ2v) is 10.3. The van der Waals surface area contributed by atoms with Crippen molar-refractivity contribution in [1.82, 2.24) is 4.57 Å². The van der Waals surface area contributed by atoms with Gasteiger partial charge in [-0.05, 0) is 50.6 Å². The fourth-order valence-electron chi connectivity index (χ4n) is 4.56. The Balaban J connectivity index is 1.47. The molecule has 5 rings (SSSR count). The molecule has 7 nitrogen and oxygen atoms in total. The van der Waals surface area contributed by atoms with Crippen LogP contribution in [0.25, 0.3) is 6.08 Å². The lowest BCUT2D eigenvalue weighted by molar-refractivity contribution is -0.139. The minimum atomic E-state index is -0.635. The van der Waals surface area contributed by atoms with Gasteiger partial charge in [0.1, 0.15) is 24.7 Å². The zero-order valence-corrected chi connectivity index (χ0v) is 23.4. The molecule has 1 aliphatic rings. The minimum absolute atomic E-state index is 0.231. The van der Waals surface area contributed by atoms with Crippen LogP contribution in [0.2, 0.25) is 0 Å². The summed E-state index contributed by atoms with van der Waals surface area (Å²) in [5.41, 5.74) is 3.42. The third-order valence-corrected chi connectivity index (χ3v) is 7.45. The highest BCUT2D eigenvalue weighted by Gasteiger charge is 2.33. The number of aryl methyl sites for hydroxylation is 1. The smallest absolute Gasteiger partial charge is 0.338 e. The lowest BCUT2D eigenvalue weighted by atomic mass is 9.96. The molecule has 40 heavy (non-hydrogen) atoms. The monoisotopic (exact) mass is 554 g/mol. The maximum Gasteiger partial charge on any atom is 0.338 e. The Morgan fingerprint density at radius 1 is 0.950 bits per heavy atom. The summed E-state index contributed by atoms with van der Waals surface area (Å²) in [7, 11) is 0. The number of ether oxygens (including phenoxy) is 3. The fraction of sp³-hybridized carbons (Fsp3) is 0.219. The molecule has 0 saturated heterocycles. The molecule has 1 aromatic heterocycles. The third-order valence-electron chi connectivity index (χ3n) is 6.47. The van der Waals surface area contributed by atoms with Crippen LogP contribution in [-0.4, -0.2) is 30.4 Å². The molecule has 0 fully saturated rings. The van der Waals surface area contributed by atoms with Crippen molar-refractivity contribution in [2.45, 2.75) is 26.8 Å². The third kappa shape index (κ3) is 5.77. The Morgan fingerprint density at radius 2 is 1.65 bits per heavy atom. The first-order valence-electron chi connectivity index (χ1n) is 13.1. The highest BCUT2D eigenvalue weighted by molar-refractivity contribution is 7.07.